The third-order valence-corrected chi connectivity index (χ3v) is 3.03. The Labute approximate surface area is 115 Å². The SMILES string of the molecule is CC(C)=CC(C)(O)Cc1c(C)cccc1C(N)=S. The van der Waals surface area contributed by atoms with Gasteiger partial charge >= 0.3 is 0 Å². The number of aryl methyl sites for hydroxylation is 1. The predicted molar refractivity (Wildman–Crippen MR) is 80.8 cm³/mol. The van der Waals surface area contributed by atoms with Crippen molar-refractivity contribution in [2.24, 2.45) is 5.73 Å². The molecule has 0 radical (unpaired) electrons. The monoisotopic (exact) mass is 263 g/mol. The lowest BCUT2D eigenvalue weighted by Crippen LogP contribution is -2.27. The molecule has 0 saturated carbocycles. The number of rotatable bonds is 4. The van der Waals surface area contributed by atoms with Crippen molar-refractivity contribution in [2.45, 2.75) is 39.7 Å². The van der Waals surface area contributed by atoms with Gasteiger partial charge in [0.15, 0.2) is 0 Å². The summed E-state index contributed by atoms with van der Waals surface area (Å²) in [6.45, 7) is 7.76. The Morgan fingerprint density at radius 1 is 1.44 bits per heavy atom. The summed E-state index contributed by atoms with van der Waals surface area (Å²) in [4.78, 5) is 0.377. The van der Waals surface area contributed by atoms with Crippen LogP contribution in [-0.2, 0) is 6.42 Å². The molecule has 1 aromatic carbocycles. The smallest absolute Gasteiger partial charge is 0.104 e. The minimum atomic E-state index is -0.884. The summed E-state index contributed by atoms with van der Waals surface area (Å²) in [5, 5.41) is 10.4. The molecule has 0 aromatic heterocycles. The van der Waals surface area contributed by atoms with Crippen molar-refractivity contribution in [3.63, 3.8) is 0 Å². The van der Waals surface area contributed by atoms with Gasteiger partial charge in [-0.25, -0.2) is 0 Å². The topological polar surface area (TPSA) is 46.2 Å². The molecule has 0 bridgehead atoms. The van der Waals surface area contributed by atoms with Crippen LogP contribution in [0.5, 0.6) is 0 Å². The van der Waals surface area contributed by atoms with Gasteiger partial charge in [-0.05, 0) is 38.8 Å². The molecule has 18 heavy (non-hydrogen) atoms. The Bertz CT molecular complexity index is 485. The normalized spacial score (nSPS) is 13.8. The van der Waals surface area contributed by atoms with Crippen molar-refractivity contribution in [3.05, 3.63) is 46.5 Å². The van der Waals surface area contributed by atoms with Gasteiger partial charge in [-0.2, -0.15) is 0 Å². The Balaban J connectivity index is 3.18. The molecule has 2 nitrogen and oxygen atoms in total. The first kappa shape index (κ1) is 14.9. The molecule has 0 heterocycles. The molecule has 0 saturated heterocycles. The summed E-state index contributed by atoms with van der Waals surface area (Å²) in [7, 11) is 0. The third kappa shape index (κ3) is 3.93. The van der Waals surface area contributed by atoms with Crippen molar-refractivity contribution in [1.29, 1.82) is 0 Å². The van der Waals surface area contributed by atoms with Crippen LogP contribution in [0.4, 0.5) is 0 Å². The zero-order chi connectivity index (χ0) is 13.9. The number of hydrogen-bond donors (Lipinski definition) is 2. The molecule has 1 rings (SSSR count). The zero-order valence-corrected chi connectivity index (χ0v) is 12.3. The number of aliphatic hydroxyl groups is 1. The maximum Gasteiger partial charge on any atom is 0.104 e. The van der Waals surface area contributed by atoms with Crippen LogP contribution in [0.15, 0.2) is 29.8 Å². The van der Waals surface area contributed by atoms with E-state index in [1.165, 1.54) is 0 Å². The van der Waals surface area contributed by atoms with Gasteiger partial charge < -0.3 is 10.8 Å². The standard InChI is InChI=1S/C15H21NOS/c1-10(2)8-15(4,17)9-13-11(3)6-5-7-12(13)14(16)18/h5-8,17H,9H2,1-4H3,(H2,16,18). The van der Waals surface area contributed by atoms with Crippen LogP contribution in [0, 0.1) is 6.92 Å². The van der Waals surface area contributed by atoms with Crippen molar-refractivity contribution in [1.82, 2.24) is 0 Å². The van der Waals surface area contributed by atoms with Crippen LogP contribution in [0.25, 0.3) is 0 Å². The number of nitrogens with two attached hydrogens (primary N) is 1. The second kappa shape index (κ2) is 5.63. The van der Waals surface area contributed by atoms with Gasteiger partial charge in [-0.15, -0.1) is 0 Å². The summed E-state index contributed by atoms with van der Waals surface area (Å²) < 4.78 is 0. The van der Waals surface area contributed by atoms with E-state index in [1.807, 2.05) is 45.0 Å². The molecule has 3 N–H and O–H groups in total. The first-order chi connectivity index (χ1) is 8.23. The minimum absolute atomic E-state index is 0.377. The molecule has 1 unspecified atom stereocenters. The second-order valence-corrected chi connectivity index (χ2v) is 5.66. The van der Waals surface area contributed by atoms with E-state index in [0.29, 0.717) is 11.4 Å². The van der Waals surface area contributed by atoms with E-state index in [1.54, 1.807) is 6.92 Å². The highest BCUT2D eigenvalue weighted by molar-refractivity contribution is 7.80. The van der Waals surface area contributed by atoms with Gasteiger partial charge in [0.05, 0.1) is 5.60 Å². The molecule has 0 fully saturated rings. The fourth-order valence-corrected chi connectivity index (χ4v) is 2.39. The predicted octanol–water partition coefficient (Wildman–Crippen LogP) is 2.89. The van der Waals surface area contributed by atoms with Gasteiger partial charge in [0.2, 0.25) is 0 Å². The lowest BCUT2D eigenvalue weighted by molar-refractivity contribution is 0.111. The van der Waals surface area contributed by atoms with Gasteiger partial charge in [0, 0.05) is 12.0 Å². The molecule has 3 heteroatoms. The van der Waals surface area contributed by atoms with Gasteiger partial charge in [-0.3, -0.25) is 0 Å². The number of benzene rings is 1. The van der Waals surface area contributed by atoms with Crippen LogP contribution in [0.1, 0.15) is 37.5 Å². The van der Waals surface area contributed by atoms with E-state index in [4.69, 9.17) is 18.0 Å². The molecule has 0 aliphatic carbocycles. The quantitative estimate of drug-likeness (QED) is 0.648. The van der Waals surface area contributed by atoms with Crippen molar-refractivity contribution < 1.29 is 5.11 Å². The fourth-order valence-electron chi connectivity index (χ4n) is 2.20. The Hall–Kier alpha value is -1.19. The highest BCUT2D eigenvalue weighted by Crippen LogP contribution is 2.22. The Kier molecular flexibility index (Phi) is 4.65. The molecular weight excluding hydrogens is 242 g/mol. The molecule has 98 valence electrons. The first-order valence-electron chi connectivity index (χ1n) is 5.99. The van der Waals surface area contributed by atoms with Gasteiger partial charge in [-0.1, -0.05) is 42.1 Å². The summed E-state index contributed by atoms with van der Waals surface area (Å²) in [6, 6.07) is 5.85. The number of hydrogen-bond acceptors (Lipinski definition) is 2. The Morgan fingerprint density at radius 2 is 2.06 bits per heavy atom. The minimum Gasteiger partial charge on any atom is -0.389 e. The third-order valence-electron chi connectivity index (χ3n) is 2.81. The van der Waals surface area contributed by atoms with E-state index in [2.05, 4.69) is 0 Å². The highest BCUT2D eigenvalue weighted by atomic mass is 32.1. The summed E-state index contributed by atoms with van der Waals surface area (Å²) >= 11 is 5.07. The van der Waals surface area contributed by atoms with Crippen LogP contribution in [-0.4, -0.2) is 15.7 Å². The highest BCUT2D eigenvalue weighted by Gasteiger charge is 2.21. The number of thiocarbonyl (C=S) groups is 1. The largest absolute Gasteiger partial charge is 0.389 e. The van der Waals surface area contributed by atoms with E-state index in [9.17, 15) is 5.11 Å². The lowest BCUT2D eigenvalue weighted by atomic mass is 9.89. The number of allylic oxidation sites excluding steroid dienone is 1. The van der Waals surface area contributed by atoms with E-state index in [-0.39, 0.29) is 0 Å². The van der Waals surface area contributed by atoms with Crippen molar-refractivity contribution in [2.75, 3.05) is 0 Å². The molecule has 0 spiro atoms. The molecule has 1 aromatic rings. The summed E-state index contributed by atoms with van der Waals surface area (Å²) in [6.07, 6.45) is 2.38. The van der Waals surface area contributed by atoms with E-state index >= 15 is 0 Å². The van der Waals surface area contributed by atoms with Crippen LogP contribution >= 0.6 is 12.2 Å². The molecule has 0 aliphatic heterocycles. The van der Waals surface area contributed by atoms with Crippen LogP contribution < -0.4 is 5.73 Å². The molecular formula is C15H21NOS. The van der Waals surface area contributed by atoms with Gasteiger partial charge in [0.25, 0.3) is 0 Å². The van der Waals surface area contributed by atoms with E-state index in [0.717, 1.165) is 22.3 Å². The summed E-state index contributed by atoms with van der Waals surface area (Å²) in [5.74, 6) is 0. The second-order valence-electron chi connectivity index (χ2n) is 5.22. The van der Waals surface area contributed by atoms with Crippen molar-refractivity contribution in [3.8, 4) is 0 Å². The molecule has 0 amide bonds. The maximum absolute atomic E-state index is 10.4. The first-order valence-corrected chi connectivity index (χ1v) is 6.40. The van der Waals surface area contributed by atoms with E-state index < -0.39 is 5.60 Å². The summed E-state index contributed by atoms with van der Waals surface area (Å²) in [5.41, 5.74) is 8.92. The fraction of sp³-hybridized carbons (Fsp3) is 0.400. The maximum atomic E-state index is 10.4. The molecule has 1 atom stereocenters. The van der Waals surface area contributed by atoms with Crippen LogP contribution in [0.2, 0.25) is 0 Å². The van der Waals surface area contributed by atoms with Crippen molar-refractivity contribution >= 4 is 17.2 Å². The zero-order valence-electron chi connectivity index (χ0n) is 11.4. The van der Waals surface area contributed by atoms with Crippen LogP contribution in [0.3, 0.4) is 0 Å². The average molecular weight is 263 g/mol. The molecule has 0 aliphatic rings. The van der Waals surface area contributed by atoms with Gasteiger partial charge in [0.1, 0.15) is 4.99 Å². The average Bonchev–Trinajstić information content (AvgIpc) is 2.18. The Morgan fingerprint density at radius 3 is 2.56 bits per heavy atom. The lowest BCUT2D eigenvalue weighted by Gasteiger charge is -2.23.